The number of nitrogen functional groups attached to an aromatic ring is 1. The standard InChI is InChI=1S/C21H12Cl2N2O3/c22-13-8-4-3-7-12(13)21(28)25-15-9-14(23)18(24)17-16(15)19(26)10-5-1-2-6-11(10)20(17)27/h1-9H,24H2,(H,25,28). The van der Waals surface area contributed by atoms with E-state index in [4.69, 9.17) is 28.9 Å². The lowest BCUT2D eigenvalue weighted by Gasteiger charge is -2.22. The molecular formula is C21H12Cl2N2O3. The Morgan fingerprint density at radius 2 is 1.39 bits per heavy atom. The summed E-state index contributed by atoms with van der Waals surface area (Å²) in [6.45, 7) is 0. The number of fused-ring (bicyclic) bond motifs is 2. The van der Waals surface area contributed by atoms with Gasteiger partial charge in [-0.2, -0.15) is 0 Å². The number of benzene rings is 3. The molecule has 3 N–H and O–H groups in total. The minimum absolute atomic E-state index is 0.000243. The van der Waals surface area contributed by atoms with Gasteiger partial charge in [-0.3, -0.25) is 14.4 Å². The largest absolute Gasteiger partial charge is 0.397 e. The molecule has 1 aliphatic carbocycles. The van der Waals surface area contributed by atoms with E-state index in [1.54, 1.807) is 48.5 Å². The highest BCUT2D eigenvalue weighted by Gasteiger charge is 2.34. The Bertz CT molecular complexity index is 1190. The Morgan fingerprint density at radius 3 is 2.04 bits per heavy atom. The lowest BCUT2D eigenvalue weighted by atomic mass is 9.82. The zero-order valence-electron chi connectivity index (χ0n) is 14.3. The van der Waals surface area contributed by atoms with Crippen LogP contribution in [0, 0.1) is 0 Å². The molecule has 0 unspecified atom stereocenters. The number of rotatable bonds is 2. The van der Waals surface area contributed by atoms with Crippen LogP contribution in [-0.2, 0) is 0 Å². The highest BCUT2D eigenvalue weighted by atomic mass is 35.5. The van der Waals surface area contributed by atoms with Crippen molar-refractivity contribution in [1.82, 2.24) is 0 Å². The zero-order chi connectivity index (χ0) is 20.0. The van der Waals surface area contributed by atoms with E-state index in [1.165, 1.54) is 6.07 Å². The molecular weight excluding hydrogens is 399 g/mol. The number of nitrogens with two attached hydrogens (primary N) is 1. The molecule has 0 saturated carbocycles. The van der Waals surface area contributed by atoms with Crippen LogP contribution in [0.4, 0.5) is 11.4 Å². The zero-order valence-corrected chi connectivity index (χ0v) is 15.8. The fourth-order valence-electron chi connectivity index (χ4n) is 3.22. The van der Waals surface area contributed by atoms with Gasteiger partial charge in [0.2, 0.25) is 0 Å². The highest BCUT2D eigenvalue weighted by molar-refractivity contribution is 6.39. The molecule has 0 aliphatic heterocycles. The lowest BCUT2D eigenvalue weighted by molar-refractivity contribution is 0.0979. The van der Waals surface area contributed by atoms with Crippen LogP contribution in [-0.4, -0.2) is 17.5 Å². The molecule has 0 spiro atoms. The number of hydrogen-bond acceptors (Lipinski definition) is 4. The molecule has 28 heavy (non-hydrogen) atoms. The summed E-state index contributed by atoms with van der Waals surface area (Å²) in [6.07, 6.45) is 0. The summed E-state index contributed by atoms with van der Waals surface area (Å²) in [7, 11) is 0. The van der Waals surface area contributed by atoms with Crippen LogP contribution in [0.2, 0.25) is 10.0 Å². The van der Waals surface area contributed by atoms with Gasteiger partial charge in [-0.15, -0.1) is 0 Å². The number of ketones is 2. The molecule has 5 nitrogen and oxygen atoms in total. The van der Waals surface area contributed by atoms with Crippen molar-refractivity contribution in [2.45, 2.75) is 0 Å². The van der Waals surface area contributed by atoms with Gasteiger partial charge in [0.1, 0.15) is 0 Å². The average molecular weight is 411 g/mol. The van der Waals surface area contributed by atoms with Crippen molar-refractivity contribution < 1.29 is 14.4 Å². The Balaban J connectivity index is 1.88. The van der Waals surface area contributed by atoms with E-state index in [9.17, 15) is 14.4 Å². The van der Waals surface area contributed by atoms with Crippen LogP contribution in [0.1, 0.15) is 42.2 Å². The third-order valence-corrected chi connectivity index (χ3v) is 5.20. The first-order valence-corrected chi connectivity index (χ1v) is 9.02. The first-order chi connectivity index (χ1) is 13.4. The fraction of sp³-hybridized carbons (Fsp3) is 0. The normalized spacial score (nSPS) is 12.4. The van der Waals surface area contributed by atoms with Crippen LogP contribution in [0.5, 0.6) is 0 Å². The molecule has 3 aromatic rings. The van der Waals surface area contributed by atoms with Gasteiger partial charge in [-0.05, 0) is 18.2 Å². The van der Waals surface area contributed by atoms with E-state index in [0.717, 1.165) is 0 Å². The van der Waals surface area contributed by atoms with Crippen molar-refractivity contribution in [2.75, 3.05) is 11.1 Å². The number of amides is 1. The quantitative estimate of drug-likeness (QED) is 0.472. The molecule has 0 aromatic heterocycles. The molecule has 0 atom stereocenters. The summed E-state index contributed by atoms with van der Waals surface area (Å²) >= 11 is 12.3. The van der Waals surface area contributed by atoms with E-state index < -0.39 is 17.5 Å². The van der Waals surface area contributed by atoms with Crippen LogP contribution in [0.25, 0.3) is 0 Å². The third-order valence-electron chi connectivity index (χ3n) is 4.55. The molecule has 0 heterocycles. The van der Waals surface area contributed by atoms with E-state index >= 15 is 0 Å². The summed E-state index contributed by atoms with van der Waals surface area (Å²) < 4.78 is 0. The summed E-state index contributed by atoms with van der Waals surface area (Å²) in [4.78, 5) is 38.7. The van der Waals surface area contributed by atoms with Crippen molar-refractivity contribution in [1.29, 1.82) is 0 Å². The van der Waals surface area contributed by atoms with Crippen molar-refractivity contribution in [3.05, 3.63) is 92.5 Å². The maximum absolute atomic E-state index is 13.1. The van der Waals surface area contributed by atoms with Crippen molar-refractivity contribution >= 4 is 52.1 Å². The number of anilines is 2. The smallest absolute Gasteiger partial charge is 0.257 e. The number of hydrogen-bond donors (Lipinski definition) is 2. The SMILES string of the molecule is Nc1c(Cl)cc(NC(=O)c2ccccc2Cl)c2c1C(=O)c1ccccc1C2=O. The molecule has 138 valence electrons. The Kier molecular flexibility index (Phi) is 4.41. The highest BCUT2D eigenvalue weighted by Crippen LogP contribution is 2.39. The maximum Gasteiger partial charge on any atom is 0.257 e. The maximum atomic E-state index is 13.1. The van der Waals surface area contributed by atoms with Crippen molar-refractivity contribution in [2.24, 2.45) is 0 Å². The van der Waals surface area contributed by atoms with Gasteiger partial charge >= 0.3 is 0 Å². The Labute approximate surface area is 170 Å². The minimum atomic E-state index is -0.534. The average Bonchev–Trinajstić information content (AvgIpc) is 2.69. The molecule has 0 saturated heterocycles. The number of halogens is 2. The fourth-order valence-corrected chi connectivity index (χ4v) is 3.64. The van der Waals surface area contributed by atoms with Crippen LogP contribution in [0.3, 0.4) is 0 Å². The summed E-state index contributed by atoms with van der Waals surface area (Å²) in [5.74, 6) is -1.37. The second-order valence-electron chi connectivity index (χ2n) is 6.21. The Morgan fingerprint density at radius 1 is 0.821 bits per heavy atom. The first kappa shape index (κ1) is 18.2. The molecule has 0 radical (unpaired) electrons. The monoisotopic (exact) mass is 410 g/mol. The van der Waals surface area contributed by atoms with Gasteiger partial charge in [-0.1, -0.05) is 59.6 Å². The molecule has 0 fully saturated rings. The van der Waals surface area contributed by atoms with Gasteiger partial charge in [-0.25, -0.2) is 0 Å². The van der Waals surface area contributed by atoms with Gasteiger partial charge in [0.25, 0.3) is 5.91 Å². The molecule has 3 aromatic carbocycles. The Hall–Kier alpha value is -3.15. The number of nitrogens with one attached hydrogen (secondary N) is 1. The number of carbonyl (C=O) groups is 3. The predicted octanol–water partition coefficient (Wildman–Crippen LogP) is 4.60. The molecule has 7 heteroatoms. The van der Waals surface area contributed by atoms with E-state index in [0.29, 0.717) is 0 Å². The predicted molar refractivity (Wildman–Crippen MR) is 109 cm³/mol. The van der Waals surface area contributed by atoms with Gasteiger partial charge in [0.05, 0.1) is 38.1 Å². The minimum Gasteiger partial charge on any atom is -0.397 e. The van der Waals surface area contributed by atoms with Gasteiger partial charge in [0, 0.05) is 11.1 Å². The van der Waals surface area contributed by atoms with Crippen LogP contribution in [0.15, 0.2) is 54.6 Å². The molecule has 1 aliphatic rings. The summed E-state index contributed by atoms with van der Waals surface area (Å²) in [5.41, 5.74) is 6.84. The topological polar surface area (TPSA) is 89.3 Å². The van der Waals surface area contributed by atoms with E-state index in [1.807, 2.05) is 0 Å². The second kappa shape index (κ2) is 6.78. The molecule has 1 amide bonds. The van der Waals surface area contributed by atoms with Gasteiger partial charge < -0.3 is 11.1 Å². The summed E-state index contributed by atoms with van der Waals surface area (Å²) in [6, 6.07) is 14.3. The van der Waals surface area contributed by atoms with Crippen molar-refractivity contribution in [3.8, 4) is 0 Å². The van der Waals surface area contributed by atoms with Crippen LogP contribution < -0.4 is 11.1 Å². The summed E-state index contributed by atoms with van der Waals surface area (Å²) in [5, 5.41) is 2.96. The first-order valence-electron chi connectivity index (χ1n) is 8.26. The van der Waals surface area contributed by atoms with Crippen LogP contribution >= 0.6 is 23.2 Å². The third kappa shape index (κ3) is 2.76. The van der Waals surface area contributed by atoms with Crippen molar-refractivity contribution in [3.63, 3.8) is 0 Å². The second-order valence-corrected chi connectivity index (χ2v) is 7.02. The molecule has 4 rings (SSSR count). The van der Waals surface area contributed by atoms with E-state index in [2.05, 4.69) is 5.32 Å². The molecule has 0 bridgehead atoms. The van der Waals surface area contributed by atoms with Gasteiger partial charge in [0.15, 0.2) is 11.6 Å². The lowest BCUT2D eigenvalue weighted by Crippen LogP contribution is -2.25. The number of carbonyl (C=O) groups excluding carboxylic acids is 3. The van der Waals surface area contributed by atoms with E-state index in [-0.39, 0.29) is 49.2 Å².